The summed E-state index contributed by atoms with van der Waals surface area (Å²) in [6.07, 6.45) is 2.94. The lowest BCUT2D eigenvalue weighted by atomic mass is 10.1. The van der Waals surface area contributed by atoms with Crippen molar-refractivity contribution < 1.29 is 18.3 Å². The highest BCUT2D eigenvalue weighted by molar-refractivity contribution is 8.00. The third kappa shape index (κ3) is 4.26. The van der Waals surface area contributed by atoms with Crippen LogP contribution in [0.4, 0.5) is 14.7 Å². The molecule has 3 aromatic heterocycles. The second-order valence-corrected chi connectivity index (χ2v) is 7.47. The van der Waals surface area contributed by atoms with E-state index in [-0.39, 0.29) is 17.6 Å². The number of imidazole rings is 1. The first kappa shape index (κ1) is 20.9. The van der Waals surface area contributed by atoms with Crippen LogP contribution in [0.3, 0.4) is 0 Å². The number of ether oxygens (including phenoxy) is 2. The molecule has 0 aliphatic heterocycles. The van der Waals surface area contributed by atoms with Gasteiger partial charge in [0, 0.05) is 36.6 Å². The molecule has 0 saturated carbocycles. The molecule has 0 bridgehead atoms. The Bertz CT molecular complexity index is 1210. The predicted molar refractivity (Wildman–Crippen MR) is 115 cm³/mol. The molecule has 162 valence electrons. The first-order valence-corrected chi connectivity index (χ1v) is 10.1. The van der Waals surface area contributed by atoms with Crippen molar-refractivity contribution in [2.24, 2.45) is 7.05 Å². The lowest BCUT2D eigenvalue weighted by Crippen LogP contribution is -2.11. The molecule has 31 heavy (non-hydrogen) atoms. The van der Waals surface area contributed by atoms with E-state index in [0.29, 0.717) is 5.69 Å². The molecule has 0 aliphatic carbocycles. The first-order chi connectivity index (χ1) is 15.0. The minimum absolute atomic E-state index is 0.0900. The van der Waals surface area contributed by atoms with Gasteiger partial charge in [-0.25, -0.2) is 18.7 Å². The van der Waals surface area contributed by atoms with Crippen molar-refractivity contribution in [3.8, 4) is 23.0 Å². The van der Waals surface area contributed by atoms with E-state index in [2.05, 4.69) is 24.7 Å². The smallest absolute Gasteiger partial charge is 0.272 e. The summed E-state index contributed by atoms with van der Waals surface area (Å²) in [5.41, 5.74) is 2.35. The van der Waals surface area contributed by atoms with Crippen LogP contribution in [-0.2, 0) is 7.05 Å². The van der Waals surface area contributed by atoms with Gasteiger partial charge in [0.25, 0.3) is 12.3 Å². The van der Waals surface area contributed by atoms with Gasteiger partial charge in [0.1, 0.15) is 12.4 Å². The zero-order valence-corrected chi connectivity index (χ0v) is 17.8. The number of hydrogen-bond donors (Lipinski definition) is 2. The number of halogens is 2. The van der Waals surface area contributed by atoms with Gasteiger partial charge in [0.2, 0.25) is 11.7 Å². The van der Waals surface area contributed by atoms with E-state index in [1.54, 1.807) is 13.1 Å². The highest BCUT2D eigenvalue weighted by atomic mass is 32.2. The Balaban J connectivity index is 1.57. The fourth-order valence-electron chi connectivity index (χ4n) is 3.16. The molecular weight excluding hydrogens is 426 g/mol. The van der Waals surface area contributed by atoms with Crippen LogP contribution in [0.2, 0.25) is 0 Å². The molecule has 0 spiro atoms. The molecular formula is C20H20F2N6O2S. The summed E-state index contributed by atoms with van der Waals surface area (Å²) >= 11 is 1.32. The average Bonchev–Trinajstić information content (AvgIpc) is 3.36. The van der Waals surface area contributed by atoms with Crippen molar-refractivity contribution in [1.82, 2.24) is 24.5 Å². The lowest BCUT2D eigenvalue weighted by Gasteiger charge is -2.13. The van der Waals surface area contributed by atoms with Gasteiger partial charge in [-0.1, -0.05) is 12.1 Å². The summed E-state index contributed by atoms with van der Waals surface area (Å²) in [5, 5.41) is 1.01. The van der Waals surface area contributed by atoms with Gasteiger partial charge in [-0.3, -0.25) is 4.72 Å². The van der Waals surface area contributed by atoms with Crippen LogP contribution in [0, 0.1) is 6.92 Å². The second kappa shape index (κ2) is 8.80. The van der Waals surface area contributed by atoms with Crippen LogP contribution < -0.4 is 14.2 Å². The monoisotopic (exact) mass is 446 g/mol. The maximum Gasteiger partial charge on any atom is 0.272 e. The Morgan fingerprint density at radius 1 is 1.29 bits per heavy atom. The predicted octanol–water partition coefficient (Wildman–Crippen LogP) is 4.44. The molecule has 0 saturated heterocycles. The number of nitrogens with one attached hydrogen (secondary N) is 2. The maximum atomic E-state index is 12.5. The molecule has 8 nitrogen and oxygen atoms in total. The first-order valence-electron chi connectivity index (χ1n) is 9.32. The van der Waals surface area contributed by atoms with Gasteiger partial charge < -0.3 is 19.0 Å². The molecule has 0 atom stereocenters. The molecule has 4 rings (SSSR count). The van der Waals surface area contributed by atoms with Crippen molar-refractivity contribution in [2.75, 3.05) is 18.4 Å². The van der Waals surface area contributed by atoms with E-state index in [1.807, 2.05) is 42.2 Å². The SMILES string of the molecule is COc1nc(NSc2c[nH]c3c(-c4nccn4C)cccc23)nc(C)c1OCC(F)F. The van der Waals surface area contributed by atoms with Crippen molar-refractivity contribution in [1.29, 1.82) is 0 Å². The molecule has 0 amide bonds. The van der Waals surface area contributed by atoms with Gasteiger partial charge >= 0.3 is 0 Å². The number of para-hydroxylation sites is 1. The zero-order valence-electron chi connectivity index (χ0n) is 17.0. The van der Waals surface area contributed by atoms with E-state index in [4.69, 9.17) is 9.47 Å². The maximum absolute atomic E-state index is 12.5. The Morgan fingerprint density at radius 2 is 2.13 bits per heavy atom. The molecule has 3 heterocycles. The van der Waals surface area contributed by atoms with Crippen LogP contribution in [0.1, 0.15) is 5.69 Å². The summed E-state index contributed by atoms with van der Waals surface area (Å²) in [7, 11) is 3.34. The Kier molecular flexibility index (Phi) is 5.94. The van der Waals surface area contributed by atoms with Crippen LogP contribution in [-0.4, -0.2) is 44.6 Å². The minimum atomic E-state index is -2.60. The fraction of sp³-hybridized carbons (Fsp3) is 0.250. The van der Waals surface area contributed by atoms with E-state index >= 15 is 0 Å². The number of anilines is 1. The van der Waals surface area contributed by atoms with Gasteiger partial charge in [-0.15, -0.1) is 0 Å². The number of aryl methyl sites for hydroxylation is 2. The van der Waals surface area contributed by atoms with Crippen molar-refractivity contribution in [2.45, 2.75) is 18.2 Å². The minimum Gasteiger partial charge on any atom is -0.480 e. The molecule has 11 heteroatoms. The summed E-state index contributed by atoms with van der Waals surface area (Å²) in [4.78, 5) is 17.2. The summed E-state index contributed by atoms with van der Waals surface area (Å²) in [6, 6.07) is 6.00. The molecule has 4 aromatic rings. The van der Waals surface area contributed by atoms with Gasteiger partial charge in [-0.2, -0.15) is 4.98 Å². The standard InChI is InChI=1S/C20H20F2N6O2S/c1-11-17(30-10-15(21)22)19(29-3)26-20(25-11)27-31-14-9-24-16-12(14)5-4-6-13(16)18-23-7-8-28(18)2/h4-9,15,24H,10H2,1-3H3,(H,25,26,27). The third-order valence-electron chi connectivity index (χ3n) is 4.54. The number of H-pyrrole nitrogens is 1. The van der Waals surface area contributed by atoms with Crippen LogP contribution >= 0.6 is 11.9 Å². The highest BCUT2D eigenvalue weighted by Crippen LogP contribution is 2.35. The van der Waals surface area contributed by atoms with Crippen LogP contribution in [0.5, 0.6) is 11.6 Å². The normalized spacial score (nSPS) is 11.3. The number of fused-ring (bicyclic) bond motifs is 1. The topological polar surface area (TPSA) is 89.9 Å². The Morgan fingerprint density at radius 3 is 2.84 bits per heavy atom. The number of rotatable bonds is 8. The van der Waals surface area contributed by atoms with Crippen LogP contribution in [0.25, 0.3) is 22.3 Å². The lowest BCUT2D eigenvalue weighted by molar-refractivity contribution is 0.0795. The van der Waals surface area contributed by atoms with E-state index in [9.17, 15) is 8.78 Å². The average molecular weight is 446 g/mol. The number of aromatic amines is 1. The molecule has 1 aromatic carbocycles. The number of benzene rings is 1. The summed E-state index contributed by atoms with van der Waals surface area (Å²) in [6.45, 7) is 0.890. The molecule has 0 aliphatic rings. The van der Waals surface area contributed by atoms with E-state index in [1.165, 1.54) is 19.1 Å². The molecule has 0 fully saturated rings. The third-order valence-corrected chi connectivity index (χ3v) is 5.39. The van der Waals surface area contributed by atoms with Crippen LogP contribution in [0.15, 0.2) is 41.7 Å². The number of hydrogen-bond acceptors (Lipinski definition) is 7. The highest BCUT2D eigenvalue weighted by Gasteiger charge is 2.17. The fourth-order valence-corrected chi connectivity index (χ4v) is 3.85. The van der Waals surface area contributed by atoms with Gasteiger partial charge in [0.05, 0.1) is 23.2 Å². The molecule has 0 radical (unpaired) electrons. The number of methoxy groups -OCH3 is 1. The Hall–Kier alpha value is -3.34. The summed E-state index contributed by atoms with van der Waals surface area (Å²) in [5.74, 6) is 1.33. The molecule has 0 unspecified atom stereocenters. The second-order valence-electron chi connectivity index (χ2n) is 6.62. The summed E-state index contributed by atoms with van der Waals surface area (Å²) < 4.78 is 40.3. The quantitative estimate of drug-likeness (QED) is 0.387. The Labute approximate surface area is 181 Å². The largest absolute Gasteiger partial charge is 0.480 e. The van der Waals surface area contributed by atoms with E-state index < -0.39 is 13.0 Å². The molecule has 2 N–H and O–H groups in total. The van der Waals surface area contributed by atoms with Crippen molar-refractivity contribution in [3.63, 3.8) is 0 Å². The van der Waals surface area contributed by atoms with Crippen molar-refractivity contribution >= 4 is 28.8 Å². The van der Waals surface area contributed by atoms with Crippen molar-refractivity contribution in [3.05, 3.63) is 42.5 Å². The van der Waals surface area contributed by atoms with Gasteiger partial charge in [-0.05, 0) is 24.9 Å². The number of nitrogens with zero attached hydrogens (tertiary/aromatic N) is 4. The van der Waals surface area contributed by atoms with E-state index in [0.717, 1.165) is 27.2 Å². The number of aromatic nitrogens is 5. The zero-order chi connectivity index (χ0) is 22.0. The van der Waals surface area contributed by atoms with Gasteiger partial charge in [0.15, 0.2) is 0 Å². The number of alkyl halides is 2.